The van der Waals surface area contributed by atoms with Crippen molar-refractivity contribution in [3.05, 3.63) is 90.0 Å². The number of aryl methyl sites for hydroxylation is 1. The van der Waals surface area contributed by atoms with Gasteiger partial charge in [0.15, 0.2) is 0 Å². The Bertz CT molecular complexity index is 1020. The van der Waals surface area contributed by atoms with Crippen molar-refractivity contribution in [1.82, 2.24) is 0 Å². The van der Waals surface area contributed by atoms with Gasteiger partial charge in [-0.25, -0.2) is 8.42 Å². The van der Waals surface area contributed by atoms with Gasteiger partial charge in [0.25, 0.3) is 15.9 Å². The summed E-state index contributed by atoms with van der Waals surface area (Å²) in [6.45, 7) is 1.75. The normalized spacial score (nSPS) is 11.0. The summed E-state index contributed by atoms with van der Waals surface area (Å²) in [4.78, 5) is 12.5. The van der Waals surface area contributed by atoms with Crippen molar-refractivity contribution < 1.29 is 13.2 Å². The van der Waals surface area contributed by atoms with Crippen LogP contribution in [0, 0.1) is 6.92 Å². The third kappa shape index (κ3) is 4.10. The maximum Gasteiger partial charge on any atom is 0.261 e. The molecule has 0 saturated carbocycles. The van der Waals surface area contributed by atoms with Gasteiger partial charge < -0.3 is 5.32 Å². The van der Waals surface area contributed by atoms with E-state index >= 15 is 0 Å². The number of nitrogens with one attached hydrogen (secondary N) is 2. The van der Waals surface area contributed by atoms with Crippen molar-refractivity contribution in [3.8, 4) is 0 Å². The zero-order valence-electron chi connectivity index (χ0n) is 14.1. The van der Waals surface area contributed by atoms with Gasteiger partial charge in [0.05, 0.1) is 10.6 Å². The molecule has 0 fully saturated rings. The Morgan fingerprint density at radius 1 is 0.846 bits per heavy atom. The number of para-hydroxylation sites is 1. The van der Waals surface area contributed by atoms with E-state index < -0.39 is 10.0 Å². The number of benzene rings is 3. The van der Waals surface area contributed by atoms with Crippen molar-refractivity contribution in [2.45, 2.75) is 11.8 Å². The summed E-state index contributed by atoms with van der Waals surface area (Å²) in [6.07, 6.45) is 0. The van der Waals surface area contributed by atoms with Crippen LogP contribution in [0.5, 0.6) is 0 Å². The summed E-state index contributed by atoms with van der Waals surface area (Å²) < 4.78 is 27.4. The monoisotopic (exact) mass is 366 g/mol. The molecule has 6 heteroatoms. The second-order valence-corrected chi connectivity index (χ2v) is 7.45. The molecule has 0 aliphatic rings. The Hall–Kier alpha value is -3.12. The minimum atomic E-state index is -3.67. The number of sulfonamides is 1. The minimum absolute atomic E-state index is 0.185. The summed E-state index contributed by atoms with van der Waals surface area (Å²) in [5.41, 5.74) is 2.24. The van der Waals surface area contributed by atoms with Gasteiger partial charge in [-0.2, -0.15) is 0 Å². The first-order chi connectivity index (χ1) is 12.5. The van der Waals surface area contributed by atoms with Crippen LogP contribution in [0.4, 0.5) is 11.4 Å². The van der Waals surface area contributed by atoms with E-state index in [1.807, 2.05) is 18.2 Å². The van der Waals surface area contributed by atoms with Gasteiger partial charge in [0, 0.05) is 11.3 Å². The predicted octanol–water partition coefficient (Wildman–Crippen LogP) is 4.05. The number of hydrogen-bond donors (Lipinski definition) is 2. The number of hydrogen-bond acceptors (Lipinski definition) is 3. The van der Waals surface area contributed by atoms with E-state index in [1.54, 1.807) is 55.5 Å². The third-order valence-corrected chi connectivity index (χ3v) is 5.20. The van der Waals surface area contributed by atoms with Crippen LogP contribution in [0.1, 0.15) is 15.9 Å². The fraction of sp³-hybridized carbons (Fsp3) is 0.0500. The zero-order chi connectivity index (χ0) is 18.6. The molecule has 3 aromatic rings. The minimum Gasteiger partial charge on any atom is -0.322 e. The van der Waals surface area contributed by atoms with Crippen LogP contribution < -0.4 is 10.0 Å². The quantitative estimate of drug-likeness (QED) is 0.715. The van der Waals surface area contributed by atoms with Crippen LogP contribution in [0.15, 0.2) is 83.8 Å². The Labute approximate surface area is 152 Å². The predicted molar refractivity (Wildman–Crippen MR) is 103 cm³/mol. The SMILES string of the molecule is Cc1cc(C(=O)Nc2ccccc2)ccc1NS(=O)(=O)c1ccccc1. The van der Waals surface area contributed by atoms with Crippen LogP contribution in [0.3, 0.4) is 0 Å². The van der Waals surface area contributed by atoms with Gasteiger partial charge in [-0.1, -0.05) is 36.4 Å². The molecule has 0 bridgehead atoms. The highest BCUT2D eigenvalue weighted by Gasteiger charge is 2.15. The average molecular weight is 366 g/mol. The van der Waals surface area contributed by atoms with E-state index in [4.69, 9.17) is 0 Å². The molecule has 0 aliphatic heterocycles. The molecule has 0 aliphatic carbocycles. The fourth-order valence-corrected chi connectivity index (χ4v) is 3.60. The summed E-state index contributed by atoms with van der Waals surface area (Å²) in [6, 6.07) is 22.1. The topological polar surface area (TPSA) is 75.3 Å². The summed E-state index contributed by atoms with van der Waals surface area (Å²) in [5.74, 6) is -0.253. The van der Waals surface area contributed by atoms with Gasteiger partial charge >= 0.3 is 0 Å². The smallest absolute Gasteiger partial charge is 0.261 e. The molecule has 0 aromatic heterocycles. The lowest BCUT2D eigenvalue weighted by Gasteiger charge is -2.12. The molecule has 5 nitrogen and oxygen atoms in total. The average Bonchev–Trinajstić information content (AvgIpc) is 2.65. The van der Waals surface area contributed by atoms with Gasteiger partial charge in [0.2, 0.25) is 0 Å². The van der Waals surface area contributed by atoms with Crippen molar-refractivity contribution >= 4 is 27.3 Å². The van der Waals surface area contributed by atoms with E-state index in [1.165, 1.54) is 12.1 Å². The van der Waals surface area contributed by atoms with Gasteiger partial charge in [-0.3, -0.25) is 9.52 Å². The Morgan fingerprint density at radius 2 is 1.46 bits per heavy atom. The molecule has 0 radical (unpaired) electrons. The maximum absolute atomic E-state index is 12.4. The number of carbonyl (C=O) groups excluding carboxylic acids is 1. The van der Waals surface area contributed by atoms with Crippen LogP contribution >= 0.6 is 0 Å². The molecule has 0 atom stereocenters. The highest BCUT2D eigenvalue weighted by molar-refractivity contribution is 7.92. The first-order valence-corrected chi connectivity index (χ1v) is 9.49. The van der Waals surface area contributed by atoms with Crippen molar-refractivity contribution in [2.75, 3.05) is 10.0 Å². The molecule has 26 heavy (non-hydrogen) atoms. The largest absolute Gasteiger partial charge is 0.322 e. The highest BCUT2D eigenvalue weighted by atomic mass is 32.2. The Balaban J connectivity index is 1.78. The second-order valence-electron chi connectivity index (χ2n) is 5.77. The third-order valence-electron chi connectivity index (χ3n) is 3.82. The molecule has 0 heterocycles. The number of rotatable bonds is 5. The lowest BCUT2D eigenvalue weighted by Crippen LogP contribution is -2.15. The first-order valence-electron chi connectivity index (χ1n) is 8.01. The first kappa shape index (κ1) is 17.7. The van der Waals surface area contributed by atoms with Crippen molar-refractivity contribution in [1.29, 1.82) is 0 Å². The molecule has 3 aromatic carbocycles. The molecule has 0 saturated heterocycles. The van der Waals surface area contributed by atoms with E-state index in [0.29, 0.717) is 22.5 Å². The number of anilines is 2. The number of carbonyl (C=O) groups is 1. The van der Waals surface area contributed by atoms with Gasteiger partial charge in [-0.05, 0) is 55.0 Å². The molecular weight excluding hydrogens is 348 g/mol. The van der Waals surface area contributed by atoms with Gasteiger partial charge in [-0.15, -0.1) is 0 Å². The summed E-state index contributed by atoms with van der Waals surface area (Å²) in [5, 5.41) is 2.80. The Morgan fingerprint density at radius 3 is 2.08 bits per heavy atom. The molecule has 3 rings (SSSR count). The Kier molecular flexibility index (Phi) is 5.04. The van der Waals surface area contributed by atoms with E-state index in [9.17, 15) is 13.2 Å². The molecule has 0 unspecified atom stereocenters. The summed E-state index contributed by atoms with van der Waals surface area (Å²) in [7, 11) is -3.67. The van der Waals surface area contributed by atoms with E-state index in [0.717, 1.165) is 0 Å². The fourth-order valence-electron chi connectivity index (χ4n) is 2.45. The lowest BCUT2D eigenvalue weighted by atomic mass is 10.1. The van der Waals surface area contributed by atoms with Gasteiger partial charge in [0.1, 0.15) is 0 Å². The molecular formula is C20H18N2O3S. The number of amides is 1. The lowest BCUT2D eigenvalue weighted by molar-refractivity contribution is 0.102. The standard InChI is InChI=1S/C20H18N2O3S/c1-15-14-16(20(23)21-17-8-4-2-5-9-17)12-13-19(15)22-26(24,25)18-10-6-3-7-11-18/h2-14,22H,1H3,(H,21,23). The second kappa shape index (κ2) is 7.41. The summed E-state index contributed by atoms with van der Waals surface area (Å²) >= 11 is 0. The van der Waals surface area contributed by atoms with Crippen LogP contribution in [-0.2, 0) is 10.0 Å². The van der Waals surface area contributed by atoms with E-state index in [2.05, 4.69) is 10.0 Å². The highest BCUT2D eigenvalue weighted by Crippen LogP contribution is 2.21. The molecule has 132 valence electrons. The van der Waals surface area contributed by atoms with Crippen LogP contribution in [-0.4, -0.2) is 14.3 Å². The van der Waals surface area contributed by atoms with Crippen molar-refractivity contribution in [3.63, 3.8) is 0 Å². The molecule has 1 amide bonds. The van der Waals surface area contributed by atoms with Crippen molar-refractivity contribution in [2.24, 2.45) is 0 Å². The maximum atomic E-state index is 12.4. The molecule has 0 spiro atoms. The molecule has 2 N–H and O–H groups in total. The van der Waals surface area contributed by atoms with E-state index in [-0.39, 0.29) is 10.8 Å². The van der Waals surface area contributed by atoms with Crippen LogP contribution in [0.2, 0.25) is 0 Å². The zero-order valence-corrected chi connectivity index (χ0v) is 15.0. The van der Waals surface area contributed by atoms with Crippen LogP contribution in [0.25, 0.3) is 0 Å².